The van der Waals surface area contributed by atoms with Gasteiger partial charge in [-0.25, -0.2) is 14.8 Å². The van der Waals surface area contributed by atoms with Gasteiger partial charge >= 0.3 is 5.63 Å². The number of thiophene rings is 1. The Kier molecular flexibility index (Phi) is 1.43. The van der Waals surface area contributed by atoms with Crippen LogP contribution in [0, 0.1) is 0 Å². The van der Waals surface area contributed by atoms with Crippen molar-refractivity contribution in [3.8, 4) is 0 Å². The molecule has 0 fully saturated rings. The van der Waals surface area contributed by atoms with Crippen molar-refractivity contribution in [2.75, 3.05) is 0 Å². The lowest BCUT2D eigenvalue weighted by Gasteiger charge is -1.86. The molecule has 4 nitrogen and oxygen atoms in total. The van der Waals surface area contributed by atoms with Gasteiger partial charge in [0.05, 0.1) is 0 Å². The van der Waals surface area contributed by atoms with Gasteiger partial charge in [-0.3, -0.25) is 0 Å². The van der Waals surface area contributed by atoms with Crippen molar-refractivity contribution in [3.63, 3.8) is 0 Å². The van der Waals surface area contributed by atoms with Crippen LogP contribution in [0.4, 0.5) is 0 Å². The topological polar surface area (TPSA) is 56.0 Å². The maximum atomic E-state index is 11.3. The van der Waals surface area contributed by atoms with Crippen LogP contribution < -0.4 is 5.63 Å². The Morgan fingerprint density at radius 3 is 3.21 bits per heavy atom. The van der Waals surface area contributed by atoms with Crippen LogP contribution in [0.5, 0.6) is 0 Å². The molecule has 3 rings (SSSR count). The highest BCUT2D eigenvalue weighted by molar-refractivity contribution is 7.25. The monoisotopic (exact) mass is 204 g/mol. The highest BCUT2D eigenvalue weighted by atomic mass is 32.1. The van der Waals surface area contributed by atoms with Crippen LogP contribution in [-0.2, 0) is 0 Å². The molecule has 0 bridgehead atoms. The van der Waals surface area contributed by atoms with Crippen LogP contribution in [0.1, 0.15) is 0 Å². The van der Waals surface area contributed by atoms with E-state index in [1.165, 1.54) is 17.7 Å². The summed E-state index contributed by atoms with van der Waals surface area (Å²) in [6.45, 7) is 0. The molecule has 0 aliphatic rings. The van der Waals surface area contributed by atoms with Gasteiger partial charge in [-0.2, -0.15) is 0 Å². The van der Waals surface area contributed by atoms with E-state index in [1.807, 2.05) is 12.1 Å². The fourth-order valence-corrected chi connectivity index (χ4v) is 2.34. The summed E-state index contributed by atoms with van der Waals surface area (Å²) >= 11 is 1.31. The Labute approximate surface area is 81.8 Å². The smallest absolute Gasteiger partial charge is 0.356 e. The van der Waals surface area contributed by atoms with Crippen molar-refractivity contribution in [3.05, 3.63) is 35.1 Å². The average molecular weight is 204 g/mol. The molecule has 0 amide bonds. The van der Waals surface area contributed by atoms with E-state index < -0.39 is 0 Å². The highest BCUT2D eigenvalue weighted by Crippen LogP contribution is 2.27. The number of pyridine rings is 1. The summed E-state index contributed by atoms with van der Waals surface area (Å²) in [5.74, 6) is 0. The van der Waals surface area contributed by atoms with Crippen molar-refractivity contribution >= 4 is 31.8 Å². The molecule has 0 aromatic carbocycles. The van der Waals surface area contributed by atoms with Crippen LogP contribution in [0.2, 0.25) is 0 Å². The third-order valence-electron chi connectivity index (χ3n) is 1.97. The minimum Gasteiger partial charge on any atom is -0.410 e. The second-order valence-corrected chi connectivity index (χ2v) is 3.77. The maximum absolute atomic E-state index is 11.3. The number of fused-ring (bicyclic) bond motifs is 3. The molecular weight excluding hydrogens is 200 g/mol. The molecule has 0 aliphatic heterocycles. The van der Waals surface area contributed by atoms with Gasteiger partial charge in [-0.15, -0.1) is 11.3 Å². The summed E-state index contributed by atoms with van der Waals surface area (Å²) < 4.78 is 5.21. The molecule has 3 heterocycles. The predicted octanol–water partition coefficient (Wildman–Crippen LogP) is 1.80. The van der Waals surface area contributed by atoms with E-state index >= 15 is 0 Å². The van der Waals surface area contributed by atoms with E-state index in [0.717, 1.165) is 10.2 Å². The molecular formula is C9H4N2O2S. The lowest BCUT2D eigenvalue weighted by molar-refractivity contribution is 0.502. The zero-order valence-electron chi connectivity index (χ0n) is 6.93. The van der Waals surface area contributed by atoms with Crippen LogP contribution in [0.25, 0.3) is 20.4 Å². The molecule has 68 valence electrons. The van der Waals surface area contributed by atoms with E-state index in [0.29, 0.717) is 10.2 Å². The number of hydrogen-bond donors (Lipinski definition) is 0. The van der Waals surface area contributed by atoms with Crippen molar-refractivity contribution in [1.82, 2.24) is 9.97 Å². The lowest BCUT2D eigenvalue weighted by atomic mass is 10.3. The normalized spacial score (nSPS) is 11.1. The van der Waals surface area contributed by atoms with Gasteiger partial charge in [-0.05, 0) is 12.1 Å². The van der Waals surface area contributed by atoms with Crippen molar-refractivity contribution in [1.29, 1.82) is 0 Å². The van der Waals surface area contributed by atoms with Crippen molar-refractivity contribution in [2.45, 2.75) is 0 Å². The fraction of sp³-hybridized carbons (Fsp3) is 0. The Balaban J connectivity index is 2.70. The summed E-state index contributed by atoms with van der Waals surface area (Å²) in [6.07, 6.45) is 2.86. The highest BCUT2D eigenvalue weighted by Gasteiger charge is 2.09. The van der Waals surface area contributed by atoms with E-state index in [4.69, 9.17) is 0 Å². The average Bonchev–Trinajstić information content (AvgIpc) is 2.59. The summed E-state index contributed by atoms with van der Waals surface area (Å²) in [4.78, 5) is 20.3. The zero-order chi connectivity index (χ0) is 9.54. The first-order valence-corrected chi connectivity index (χ1v) is 4.79. The molecule has 0 atom stereocenters. The van der Waals surface area contributed by atoms with Gasteiger partial charge in [0.2, 0.25) is 0 Å². The van der Waals surface area contributed by atoms with Gasteiger partial charge in [0.15, 0.2) is 6.39 Å². The number of aromatic nitrogens is 2. The molecule has 0 radical (unpaired) electrons. The first-order valence-electron chi connectivity index (χ1n) is 3.97. The SMILES string of the molecule is O=c1ocnc2c1sc1ncccc12. The third-order valence-corrected chi connectivity index (χ3v) is 3.05. The first-order chi connectivity index (χ1) is 6.86. The Bertz CT molecular complexity index is 671. The second-order valence-electron chi connectivity index (χ2n) is 2.78. The molecule has 0 spiro atoms. The van der Waals surface area contributed by atoms with Crippen molar-refractivity contribution < 1.29 is 4.42 Å². The van der Waals surface area contributed by atoms with E-state index in [-0.39, 0.29) is 5.63 Å². The molecule has 0 unspecified atom stereocenters. The van der Waals surface area contributed by atoms with Crippen LogP contribution in [0.15, 0.2) is 33.9 Å². The largest absolute Gasteiger partial charge is 0.410 e. The van der Waals surface area contributed by atoms with Gasteiger partial charge in [0.1, 0.15) is 15.0 Å². The Morgan fingerprint density at radius 1 is 1.36 bits per heavy atom. The molecule has 5 heteroatoms. The van der Waals surface area contributed by atoms with E-state index in [9.17, 15) is 4.79 Å². The summed E-state index contributed by atoms with van der Waals surface area (Å²) in [5, 5.41) is 0.903. The summed E-state index contributed by atoms with van der Waals surface area (Å²) in [5.41, 5.74) is 0.326. The standard InChI is InChI=1S/C9H4N2O2S/c12-9-7-6(11-4-13-9)5-2-1-3-10-8(5)14-7/h1-4H. The van der Waals surface area contributed by atoms with Crippen LogP contribution in [-0.4, -0.2) is 9.97 Å². The van der Waals surface area contributed by atoms with E-state index in [1.54, 1.807) is 6.20 Å². The van der Waals surface area contributed by atoms with E-state index in [2.05, 4.69) is 14.4 Å². The second kappa shape index (κ2) is 2.62. The Morgan fingerprint density at radius 2 is 2.29 bits per heavy atom. The molecule has 0 N–H and O–H groups in total. The number of hydrogen-bond acceptors (Lipinski definition) is 5. The minimum atomic E-state index is -0.349. The zero-order valence-corrected chi connectivity index (χ0v) is 7.75. The lowest BCUT2D eigenvalue weighted by Crippen LogP contribution is -1.95. The van der Waals surface area contributed by atoms with Gasteiger partial charge < -0.3 is 4.42 Å². The number of rotatable bonds is 0. The summed E-state index contributed by atoms with van der Waals surface area (Å²) in [6, 6.07) is 3.72. The molecule has 0 saturated carbocycles. The number of nitrogens with zero attached hydrogens (tertiary/aromatic N) is 2. The van der Waals surface area contributed by atoms with Crippen LogP contribution in [0.3, 0.4) is 0 Å². The van der Waals surface area contributed by atoms with Crippen molar-refractivity contribution in [2.24, 2.45) is 0 Å². The Hall–Kier alpha value is -1.75. The summed E-state index contributed by atoms with van der Waals surface area (Å²) in [7, 11) is 0. The molecule has 14 heavy (non-hydrogen) atoms. The van der Waals surface area contributed by atoms with Gasteiger partial charge in [0.25, 0.3) is 0 Å². The predicted molar refractivity (Wildman–Crippen MR) is 53.5 cm³/mol. The molecule has 0 aliphatic carbocycles. The third kappa shape index (κ3) is 0.898. The molecule has 3 aromatic heterocycles. The fourth-order valence-electron chi connectivity index (χ4n) is 1.37. The quantitative estimate of drug-likeness (QED) is 0.560. The molecule has 3 aromatic rings. The minimum absolute atomic E-state index is 0.349. The maximum Gasteiger partial charge on any atom is 0.356 e. The van der Waals surface area contributed by atoms with Crippen LogP contribution >= 0.6 is 11.3 Å². The van der Waals surface area contributed by atoms with Gasteiger partial charge in [-0.1, -0.05) is 0 Å². The first kappa shape index (κ1) is 7.64. The molecule has 0 saturated heterocycles. The van der Waals surface area contributed by atoms with Gasteiger partial charge in [0, 0.05) is 11.6 Å².